The van der Waals surface area contributed by atoms with Gasteiger partial charge in [-0.1, -0.05) is 24.1 Å². The molecule has 2 heterocycles. The molecule has 0 spiro atoms. The van der Waals surface area contributed by atoms with Crippen LogP contribution in [0.4, 0.5) is 11.5 Å². The molecule has 3 rings (SSSR count). The molecule has 1 aromatic heterocycles. The van der Waals surface area contributed by atoms with Crippen molar-refractivity contribution in [1.82, 2.24) is 9.88 Å². The number of carbonyl (C=O) groups excluding carboxylic acids is 1. The highest BCUT2D eigenvalue weighted by atomic mass is 16.6. The minimum absolute atomic E-state index is 0.161. The van der Waals surface area contributed by atoms with Crippen LogP contribution < -0.4 is 4.90 Å². The molecule has 0 unspecified atom stereocenters. The van der Waals surface area contributed by atoms with Crippen LogP contribution in [0.2, 0.25) is 0 Å². The molecule has 0 N–H and O–H groups in total. The minimum Gasteiger partial charge on any atom is -0.361 e. The highest BCUT2D eigenvalue weighted by molar-refractivity contribution is 5.94. The molecule has 0 saturated carbocycles. The fourth-order valence-electron chi connectivity index (χ4n) is 2.65. The molecule has 126 valence electrons. The van der Waals surface area contributed by atoms with E-state index in [0.717, 1.165) is 5.56 Å². The highest BCUT2D eigenvalue weighted by Crippen LogP contribution is 2.25. The van der Waals surface area contributed by atoms with Crippen molar-refractivity contribution >= 4 is 17.4 Å². The third-order valence-electron chi connectivity index (χ3n) is 3.93. The molecule has 0 radical (unpaired) electrons. The lowest BCUT2D eigenvalue weighted by Crippen LogP contribution is -2.48. The molecular weight excluding hydrogens is 320 g/mol. The van der Waals surface area contributed by atoms with Gasteiger partial charge in [0.2, 0.25) is 0 Å². The van der Waals surface area contributed by atoms with Gasteiger partial charge in [-0.05, 0) is 34.2 Å². The second kappa shape index (κ2) is 7.45. The van der Waals surface area contributed by atoms with Crippen LogP contribution in [0.5, 0.6) is 0 Å². The quantitative estimate of drug-likeness (QED) is 0.474. The Balaban J connectivity index is 1.64. The minimum atomic E-state index is -0.488. The SMILES string of the molecule is O=C(C#Cc1ccccc1)N1CCN(c2cccnc2[N+](=O)[O-])CC1. The number of nitro groups is 1. The molecule has 1 amide bonds. The Morgan fingerprint density at radius 2 is 1.80 bits per heavy atom. The van der Waals surface area contributed by atoms with Crippen LogP contribution in [0.1, 0.15) is 5.56 Å². The van der Waals surface area contributed by atoms with Gasteiger partial charge in [0.25, 0.3) is 5.91 Å². The van der Waals surface area contributed by atoms with Gasteiger partial charge in [-0.15, -0.1) is 0 Å². The summed E-state index contributed by atoms with van der Waals surface area (Å²) in [5, 5.41) is 11.1. The Morgan fingerprint density at radius 1 is 1.08 bits per heavy atom. The first-order chi connectivity index (χ1) is 12.1. The van der Waals surface area contributed by atoms with E-state index in [4.69, 9.17) is 0 Å². The molecule has 7 heteroatoms. The van der Waals surface area contributed by atoms with Crippen molar-refractivity contribution in [3.63, 3.8) is 0 Å². The summed E-state index contributed by atoms with van der Waals surface area (Å²) >= 11 is 0. The number of nitrogens with zero attached hydrogens (tertiary/aromatic N) is 4. The largest absolute Gasteiger partial charge is 0.387 e. The van der Waals surface area contributed by atoms with Gasteiger partial charge in [-0.2, -0.15) is 0 Å². The molecule has 0 bridgehead atoms. The van der Waals surface area contributed by atoms with E-state index in [1.54, 1.807) is 17.0 Å². The van der Waals surface area contributed by atoms with E-state index >= 15 is 0 Å². The summed E-state index contributed by atoms with van der Waals surface area (Å²) in [6.07, 6.45) is 1.40. The van der Waals surface area contributed by atoms with Crippen molar-refractivity contribution in [1.29, 1.82) is 0 Å². The number of hydrogen-bond acceptors (Lipinski definition) is 5. The van der Waals surface area contributed by atoms with Crippen LogP contribution in [-0.4, -0.2) is 46.9 Å². The molecule has 1 saturated heterocycles. The average Bonchev–Trinajstić information content (AvgIpc) is 2.67. The van der Waals surface area contributed by atoms with E-state index in [1.165, 1.54) is 6.20 Å². The summed E-state index contributed by atoms with van der Waals surface area (Å²) in [6, 6.07) is 12.7. The first kappa shape index (κ1) is 16.5. The van der Waals surface area contributed by atoms with E-state index in [2.05, 4.69) is 16.8 Å². The fourth-order valence-corrected chi connectivity index (χ4v) is 2.65. The van der Waals surface area contributed by atoms with Crippen molar-refractivity contribution in [2.45, 2.75) is 0 Å². The van der Waals surface area contributed by atoms with E-state index in [0.29, 0.717) is 31.9 Å². The van der Waals surface area contributed by atoms with E-state index in [1.807, 2.05) is 35.2 Å². The standard InChI is InChI=1S/C18H16N4O3/c23-17(9-8-15-5-2-1-3-6-15)21-13-11-20(12-14-21)16-7-4-10-19-18(16)22(24)25/h1-7,10H,11-14H2. The van der Waals surface area contributed by atoms with Crippen molar-refractivity contribution in [3.8, 4) is 11.8 Å². The molecule has 1 fully saturated rings. The summed E-state index contributed by atoms with van der Waals surface area (Å²) in [4.78, 5) is 30.2. The van der Waals surface area contributed by atoms with E-state index < -0.39 is 4.92 Å². The maximum atomic E-state index is 12.2. The Labute approximate surface area is 145 Å². The number of amides is 1. The van der Waals surface area contributed by atoms with E-state index in [9.17, 15) is 14.9 Å². The lowest BCUT2D eigenvalue weighted by atomic mass is 10.2. The van der Waals surface area contributed by atoms with Gasteiger partial charge in [0.1, 0.15) is 11.9 Å². The van der Waals surface area contributed by atoms with Gasteiger partial charge in [0.15, 0.2) is 0 Å². The maximum Gasteiger partial charge on any atom is 0.387 e. The van der Waals surface area contributed by atoms with Crippen molar-refractivity contribution in [2.24, 2.45) is 0 Å². The number of benzene rings is 1. The van der Waals surface area contributed by atoms with Gasteiger partial charge < -0.3 is 19.9 Å². The maximum absolute atomic E-state index is 12.2. The van der Waals surface area contributed by atoms with Gasteiger partial charge >= 0.3 is 5.82 Å². The first-order valence-corrected chi connectivity index (χ1v) is 7.85. The number of anilines is 1. The van der Waals surface area contributed by atoms with E-state index in [-0.39, 0.29) is 11.7 Å². The van der Waals surface area contributed by atoms with Crippen molar-refractivity contribution in [3.05, 3.63) is 64.3 Å². The average molecular weight is 336 g/mol. The third-order valence-corrected chi connectivity index (χ3v) is 3.93. The highest BCUT2D eigenvalue weighted by Gasteiger charge is 2.25. The van der Waals surface area contributed by atoms with Crippen molar-refractivity contribution < 1.29 is 9.72 Å². The molecule has 0 aliphatic carbocycles. The first-order valence-electron chi connectivity index (χ1n) is 7.85. The molecule has 0 atom stereocenters. The Hall–Kier alpha value is -3.40. The zero-order chi connectivity index (χ0) is 17.6. The number of carbonyl (C=O) groups is 1. The van der Waals surface area contributed by atoms with Crippen LogP contribution in [-0.2, 0) is 4.79 Å². The normalized spacial score (nSPS) is 13.8. The van der Waals surface area contributed by atoms with Crippen LogP contribution in [0.25, 0.3) is 0 Å². The van der Waals surface area contributed by atoms with Crippen LogP contribution in [0.15, 0.2) is 48.7 Å². The second-order valence-corrected chi connectivity index (χ2v) is 5.50. The van der Waals surface area contributed by atoms with Crippen LogP contribution >= 0.6 is 0 Å². The monoisotopic (exact) mass is 336 g/mol. The molecule has 1 aliphatic rings. The summed E-state index contributed by atoms with van der Waals surface area (Å²) in [5.41, 5.74) is 1.27. The van der Waals surface area contributed by atoms with Crippen LogP contribution in [0.3, 0.4) is 0 Å². The molecular formula is C18H16N4O3. The molecule has 2 aromatic rings. The lowest BCUT2D eigenvalue weighted by molar-refractivity contribution is -0.388. The topological polar surface area (TPSA) is 79.6 Å². The summed E-state index contributed by atoms with van der Waals surface area (Å²) in [6.45, 7) is 1.94. The Kier molecular flexibility index (Phi) is 4.90. The number of pyridine rings is 1. The predicted molar refractivity (Wildman–Crippen MR) is 93.0 cm³/mol. The van der Waals surface area contributed by atoms with Crippen molar-refractivity contribution in [2.75, 3.05) is 31.1 Å². The molecule has 1 aromatic carbocycles. The summed E-state index contributed by atoms with van der Waals surface area (Å²) < 4.78 is 0. The molecule has 7 nitrogen and oxygen atoms in total. The van der Waals surface area contributed by atoms with Gasteiger partial charge in [-0.3, -0.25) is 4.79 Å². The van der Waals surface area contributed by atoms with Gasteiger partial charge in [-0.25, -0.2) is 0 Å². The molecule has 25 heavy (non-hydrogen) atoms. The summed E-state index contributed by atoms with van der Waals surface area (Å²) in [7, 11) is 0. The second-order valence-electron chi connectivity index (χ2n) is 5.50. The zero-order valence-electron chi connectivity index (χ0n) is 13.5. The number of hydrogen-bond donors (Lipinski definition) is 0. The zero-order valence-corrected chi connectivity index (χ0v) is 13.5. The number of aromatic nitrogens is 1. The predicted octanol–water partition coefficient (Wildman–Crippen LogP) is 1.69. The Bertz CT molecular complexity index is 834. The van der Waals surface area contributed by atoms with Gasteiger partial charge in [0, 0.05) is 37.7 Å². The lowest BCUT2D eigenvalue weighted by Gasteiger charge is -2.34. The fraction of sp³-hybridized carbons (Fsp3) is 0.222. The summed E-state index contributed by atoms with van der Waals surface area (Å²) in [5.74, 6) is 5.11. The third kappa shape index (κ3) is 3.93. The Morgan fingerprint density at radius 3 is 2.48 bits per heavy atom. The molecule has 1 aliphatic heterocycles. The smallest absolute Gasteiger partial charge is 0.361 e. The number of piperazine rings is 1. The van der Waals surface area contributed by atoms with Crippen LogP contribution in [0, 0.1) is 22.0 Å². The van der Waals surface area contributed by atoms with Gasteiger partial charge in [0.05, 0.1) is 0 Å². The number of rotatable bonds is 2.